The van der Waals surface area contributed by atoms with Crippen LogP contribution in [0.4, 0.5) is 11.4 Å². The standard InChI is InChI=1S/C12H12N6OS/c13-8-3-6-4-11(19)14-9(6)5-10(8)20-12-15-16-17-18(12)7-1-2-7/h3,5,7H,1-2,4,13H2,(H,14,19). The fourth-order valence-corrected chi connectivity index (χ4v) is 3.17. The zero-order valence-corrected chi connectivity index (χ0v) is 11.4. The van der Waals surface area contributed by atoms with E-state index in [0.29, 0.717) is 18.2 Å². The van der Waals surface area contributed by atoms with Crippen molar-refractivity contribution in [1.82, 2.24) is 20.2 Å². The van der Waals surface area contributed by atoms with Gasteiger partial charge in [-0.2, -0.15) is 0 Å². The Morgan fingerprint density at radius 2 is 2.25 bits per heavy atom. The molecule has 0 radical (unpaired) electrons. The number of carbonyl (C=O) groups excluding carboxylic acids is 1. The number of hydrogen-bond acceptors (Lipinski definition) is 6. The van der Waals surface area contributed by atoms with Crippen LogP contribution in [0, 0.1) is 0 Å². The van der Waals surface area contributed by atoms with E-state index in [1.54, 1.807) is 0 Å². The summed E-state index contributed by atoms with van der Waals surface area (Å²) in [5.74, 6) is 0.00404. The van der Waals surface area contributed by atoms with Crippen LogP contribution in [0.3, 0.4) is 0 Å². The Bertz CT molecular complexity index is 708. The molecule has 1 aromatic heterocycles. The summed E-state index contributed by atoms with van der Waals surface area (Å²) in [6.07, 6.45) is 2.63. The average Bonchev–Trinajstić information content (AvgIpc) is 3.04. The molecular weight excluding hydrogens is 276 g/mol. The quantitative estimate of drug-likeness (QED) is 0.824. The topological polar surface area (TPSA) is 98.7 Å². The summed E-state index contributed by atoms with van der Waals surface area (Å²) in [6, 6.07) is 4.16. The number of carbonyl (C=O) groups is 1. The highest BCUT2D eigenvalue weighted by Gasteiger charge is 2.28. The molecule has 0 saturated heterocycles. The van der Waals surface area contributed by atoms with Crippen LogP contribution in [-0.2, 0) is 11.2 Å². The Kier molecular flexibility index (Phi) is 2.46. The third-order valence-corrected chi connectivity index (χ3v) is 4.44. The summed E-state index contributed by atoms with van der Waals surface area (Å²) in [6.45, 7) is 0. The number of amides is 1. The molecule has 0 bridgehead atoms. The molecule has 20 heavy (non-hydrogen) atoms. The van der Waals surface area contributed by atoms with Gasteiger partial charge in [0.1, 0.15) is 0 Å². The lowest BCUT2D eigenvalue weighted by molar-refractivity contribution is -0.115. The van der Waals surface area contributed by atoms with Crippen molar-refractivity contribution in [2.24, 2.45) is 0 Å². The minimum atomic E-state index is 0.00404. The van der Waals surface area contributed by atoms with Gasteiger partial charge in [-0.1, -0.05) is 0 Å². The predicted octanol–water partition coefficient (Wildman–Crippen LogP) is 1.24. The molecule has 7 nitrogen and oxygen atoms in total. The molecule has 2 aromatic rings. The van der Waals surface area contributed by atoms with Crippen molar-refractivity contribution in [2.45, 2.75) is 35.4 Å². The largest absolute Gasteiger partial charge is 0.398 e. The normalized spacial score (nSPS) is 17.1. The molecule has 3 N–H and O–H groups in total. The second-order valence-corrected chi connectivity index (χ2v) is 6.02. The lowest BCUT2D eigenvalue weighted by Crippen LogP contribution is -2.03. The molecular formula is C12H12N6OS. The zero-order chi connectivity index (χ0) is 13.7. The van der Waals surface area contributed by atoms with Crippen LogP contribution >= 0.6 is 11.8 Å². The number of benzene rings is 1. The SMILES string of the molecule is Nc1cc2c(cc1Sc1nnnn1C1CC1)NC(=O)C2. The Morgan fingerprint density at radius 1 is 1.40 bits per heavy atom. The third-order valence-electron chi connectivity index (χ3n) is 3.42. The van der Waals surface area contributed by atoms with Crippen LogP contribution in [0.25, 0.3) is 0 Å². The molecule has 8 heteroatoms. The number of aromatic nitrogens is 4. The zero-order valence-electron chi connectivity index (χ0n) is 10.5. The van der Waals surface area contributed by atoms with Crippen LogP contribution < -0.4 is 11.1 Å². The van der Waals surface area contributed by atoms with Gasteiger partial charge in [-0.3, -0.25) is 4.79 Å². The number of tetrazole rings is 1. The first-order valence-corrected chi connectivity index (χ1v) is 7.20. The van der Waals surface area contributed by atoms with E-state index in [2.05, 4.69) is 20.8 Å². The van der Waals surface area contributed by atoms with E-state index >= 15 is 0 Å². The van der Waals surface area contributed by atoms with Crippen molar-refractivity contribution in [3.8, 4) is 0 Å². The van der Waals surface area contributed by atoms with Gasteiger partial charge in [0.05, 0.1) is 12.5 Å². The number of rotatable bonds is 3. The van der Waals surface area contributed by atoms with E-state index < -0.39 is 0 Å². The summed E-state index contributed by atoms with van der Waals surface area (Å²) in [5, 5.41) is 15.3. The van der Waals surface area contributed by atoms with E-state index in [0.717, 1.165) is 34.1 Å². The molecule has 0 spiro atoms. The van der Waals surface area contributed by atoms with Crippen LogP contribution in [0.1, 0.15) is 24.4 Å². The first kappa shape index (κ1) is 11.7. The number of nitrogens with zero attached hydrogens (tertiary/aromatic N) is 4. The van der Waals surface area contributed by atoms with Crippen molar-refractivity contribution in [1.29, 1.82) is 0 Å². The van der Waals surface area contributed by atoms with E-state index in [9.17, 15) is 4.79 Å². The maximum absolute atomic E-state index is 11.4. The predicted molar refractivity (Wildman–Crippen MR) is 73.4 cm³/mol. The number of hydrogen-bond donors (Lipinski definition) is 2. The van der Waals surface area contributed by atoms with Crippen LogP contribution in [0.2, 0.25) is 0 Å². The van der Waals surface area contributed by atoms with Crippen molar-refractivity contribution < 1.29 is 4.79 Å². The van der Waals surface area contributed by atoms with E-state index in [4.69, 9.17) is 5.73 Å². The Labute approximate surface area is 118 Å². The molecule has 2 heterocycles. The fourth-order valence-electron chi connectivity index (χ4n) is 2.26. The number of anilines is 2. The number of nitrogens with two attached hydrogens (primary N) is 1. The maximum atomic E-state index is 11.4. The highest BCUT2D eigenvalue weighted by Crippen LogP contribution is 2.40. The molecule has 102 valence electrons. The van der Waals surface area contributed by atoms with Gasteiger partial charge in [0.2, 0.25) is 11.1 Å². The highest BCUT2D eigenvalue weighted by atomic mass is 32.2. The smallest absolute Gasteiger partial charge is 0.228 e. The maximum Gasteiger partial charge on any atom is 0.228 e. The molecule has 2 aliphatic rings. The van der Waals surface area contributed by atoms with Gasteiger partial charge >= 0.3 is 0 Å². The molecule has 1 aromatic carbocycles. The van der Waals surface area contributed by atoms with Gasteiger partial charge in [-0.25, -0.2) is 4.68 Å². The summed E-state index contributed by atoms with van der Waals surface area (Å²) < 4.78 is 1.84. The van der Waals surface area contributed by atoms with Gasteiger partial charge in [0, 0.05) is 16.3 Å². The minimum absolute atomic E-state index is 0.00404. The lowest BCUT2D eigenvalue weighted by Gasteiger charge is -2.08. The summed E-state index contributed by atoms with van der Waals surface area (Å²) in [5.41, 5.74) is 8.48. The molecule has 1 amide bonds. The van der Waals surface area contributed by atoms with E-state index in [-0.39, 0.29) is 5.91 Å². The van der Waals surface area contributed by atoms with Crippen molar-refractivity contribution in [2.75, 3.05) is 11.1 Å². The number of nitrogen functional groups attached to an aromatic ring is 1. The Balaban J connectivity index is 1.67. The second kappa shape index (κ2) is 4.20. The van der Waals surface area contributed by atoms with E-state index in [1.165, 1.54) is 11.8 Å². The second-order valence-electron chi connectivity index (χ2n) is 5.01. The minimum Gasteiger partial charge on any atom is -0.398 e. The molecule has 0 unspecified atom stereocenters. The van der Waals surface area contributed by atoms with Crippen molar-refractivity contribution in [3.63, 3.8) is 0 Å². The summed E-state index contributed by atoms with van der Waals surface area (Å²) in [4.78, 5) is 12.3. The number of nitrogens with one attached hydrogen (secondary N) is 1. The van der Waals surface area contributed by atoms with Gasteiger partial charge in [-0.05, 0) is 52.7 Å². The van der Waals surface area contributed by atoms with Gasteiger partial charge in [-0.15, -0.1) is 5.10 Å². The Hall–Kier alpha value is -2.09. The molecule has 1 saturated carbocycles. The van der Waals surface area contributed by atoms with Crippen LogP contribution in [0.15, 0.2) is 22.2 Å². The van der Waals surface area contributed by atoms with Crippen molar-refractivity contribution in [3.05, 3.63) is 17.7 Å². The van der Waals surface area contributed by atoms with Gasteiger partial charge < -0.3 is 11.1 Å². The molecule has 1 aliphatic heterocycles. The first-order chi connectivity index (χ1) is 9.70. The lowest BCUT2D eigenvalue weighted by atomic mass is 10.1. The fraction of sp³-hybridized carbons (Fsp3) is 0.333. The van der Waals surface area contributed by atoms with Gasteiger partial charge in [0.25, 0.3) is 0 Å². The molecule has 0 atom stereocenters. The van der Waals surface area contributed by atoms with Crippen LogP contribution in [-0.4, -0.2) is 26.1 Å². The molecule has 1 aliphatic carbocycles. The summed E-state index contributed by atoms with van der Waals surface area (Å²) >= 11 is 1.43. The van der Waals surface area contributed by atoms with Crippen molar-refractivity contribution >= 4 is 29.0 Å². The average molecular weight is 288 g/mol. The van der Waals surface area contributed by atoms with Gasteiger partial charge in [0.15, 0.2) is 0 Å². The Morgan fingerprint density at radius 3 is 3.05 bits per heavy atom. The highest BCUT2D eigenvalue weighted by molar-refractivity contribution is 7.99. The monoisotopic (exact) mass is 288 g/mol. The first-order valence-electron chi connectivity index (χ1n) is 6.38. The van der Waals surface area contributed by atoms with Crippen LogP contribution in [0.5, 0.6) is 0 Å². The molecule has 1 fully saturated rings. The summed E-state index contributed by atoms with van der Waals surface area (Å²) in [7, 11) is 0. The molecule has 4 rings (SSSR count). The number of fused-ring (bicyclic) bond motifs is 1. The third kappa shape index (κ3) is 1.92. The van der Waals surface area contributed by atoms with E-state index in [1.807, 2.05) is 16.8 Å².